The van der Waals surface area contributed by atoms with Crippen LogP contribution in [0.25, 0.3) is 0 Å². The van der Waals surface area contributed by atoms with Gasteiger partial charge in [-0.2, -0.15) is 5.26 Å². The fourth-order valence-corrected chi connectivity index (χ4v) is 3.96. The van der Waals surface area contributed by atoms with Crippen molar-refractivity contribution in [2.24, 2.45) is 0 Å². The Labute approximate surface area is 184 Å². The molecule has 0 aliphatic carbocycles. The van der Waals surface area contributed by atoms with Gasteiger partial charge in [0.05, 0.1) is 23.6 Å². The van der Waals surface area contributed by atoms with E-state index in [1.54, 1.807) is 18.6 Å². The Kier molecular flexibility index (Phi) is 6.31. The highest BCUT2D eigenvalue weighted by Crippen LogP contribution is 2.18. The van der Waals surface area contributed by atoms with E-state index in [4.69, 9.17) is 16.9 Å². The van der Waals surface area contributed by atoms with Crippen LogP contribution in [0.2, 0.25) is 5.02 Å². The van der Waals surface area contributed by atoms with Gasteiger partial charge in [-0.05, 0) is 41.8 Å². The van der Waals surface area contributed by atoms with Crippen LogP contribution in [0.4, 0.5) is 4.39 Å². The average molecular weight is 438 g/mol. The van der Waals surface area contributed by atoms with E-state index in [0.717, 1.165) is 23.2 Å². The molecule has 1 fully saturated rings. The monoisotopic (exact) mass is 437 g/mol. The zero-order chi connectivity index (χ0) is 21.8. The molecule has 6 nitrogen and oxygen atoms in total. The number of hydrogen-bond donors (Lipinski definition) is 1. The number of nitrogens with zero attached hydrogens (tertiary/aromatic N) is 4. The maximum atomic E-state index is 13.9. The van der Waals surface area contributed by atoms with Crippen LogP contribution in [0.15, 0.2) is 55.0 Å². The normalized spacial score (nSPS) is 16.0. The minimum atomic E-state index is -0.531. The molecule has 4 rings (SSSR count). The molecule has 1 atom stereocenters. The molecule has 1 aromatic heterocycles. The number of aromatic nitrogens is 2. The van der Waals surface area contributed by atoms with E-state index >= 15 is 0 Å². The summed E-state index contributed by atoms with van der Waals surface area (Å²) < 4.78 is 15.8. The zero-order valence-corrected chi connectivity index (χ0v) is 17.5. The Bertz CT molecular complexity index is 1140. The third kappa shape index (κ3) is 4.93. The van der Waals surface area contributed by atoms with Crippen LogP contribution in [-0.4, -0.2) is 32.9 Å². The van der Waals surface area contributed by atoms with Crippen LogP contribution in [0, 0.1) is 17.1 Å². The number of halogens is 2. The van der Waals surface area contributed by atoms with E-state index in [2.05, 4.69) is 10.3 Å². The number of carbonyl (C=O) groups is 1. The minimum Gasteiger partial charge on any atom is -0.337 e. The fourth-order valence-electron chi connectivity index (χ4n) is 3.75. The highest BCUT2D eigenvalue weighted by molar-refractivity contribution is 6.30. The van der Waals surface area contributed by atoms with Crippen molar-refractivity contribution < 1.29 is 9.18 Å². The second kappa shape index (κ2) is 9.29. The van der Waals surface area contributed by atoms with Crippen LogP contribution in [-0.2, 0) is 24.4 Å². The molecule has 3 aromatic rings. The number of nitriles is 1. The molecule has 1 amide bonds. The van der Waals surface area contributed by atoms with Crippen LogP contribution in [0.5, 0.6) is 0 Å². The van der Waals surface area contributed by atoms with Gasteiger partial charge in [0.25, 0.3) is 0 Å². The predicted octanol–water partition coefficient (Wildman–Crippen LogP) is 3.49. The van der Waals surface area contributed by atoms with Crippen molar-refractivity contribution >= 4 is 17.5 Å². The number of carbonyl (C=O) groups excluding carboxylic acids is 1. The van der Waals surface area contributed by atoms with Gasteiger partial charge in [-0.15, -0.1) is 0 Å². The molecule has 0 spiro atoms. The van der Waals surface area contributed by atoms with Crippen molar-refractivity contribution in [1.29, 1.82) is 5.26 Å². The summed E-state index contributed by atoms with van der Waals surface area (Å²) in [6.45, 7) is 2.13. The Balaban J connectivity index is 1.35. The lowest BCUT2D eigenvalue weighted by Gasteiger charge is -2.18. The summed E-state index contributed by atoms with van der Waals surface area (Å²) in [5.74, 6) is -0.462. The number of benzene rings is 2. The molecule has 2 heterocycles. The first-order valence-corrected chi connectivity index (χ1v) is 10.4. The molecule has 1 saturated heterocycles. The lowest BCUT2D eigenvalue weighted by atomic mass is 10.1. The molecule has 0 bridgehead atoms. The predicted molar refractivity (Wildman–Crippen MR) is 115 cm³/mol. The van der Waals surface area contributed by atoms with Crippen molar-refractivity contribution in [3.63, 3.8) is 0 Å². The lowest BCUT2D eigenvalue weighted by Crippen LogP contribution is -2.38. The summed E-state index contributed by atoms with van der Waals surface area (Å²) in [7, 11) is 0. The van der Waals surface area contributed by atoms with Crippen molar-refractivity contribution in [3.8, 4) is 6.07 Å². The first-order chi connectivity index (χ1) is 15.0. The fraction of sp³-hybridized carbons (Fsp3) is 0.261. The van der Waals surface area contributed by atoms with Crippen LogP contribution >= 0.6 is 11.6 Å². The number of rotatable bonds is 7. The molecule has 0 radical (unpaired) electrons. The summed E-state index contributed by atoms with van der Waals surface area (Å²) in [5, 5.41) is 12.9. The first kappa shape index (κ1) is 21.0. The van der Waals surface area contributed by atoms with E-state index in [9.17, 15) is 9.18 Å². The third-order valence-corrected chi connectivity index (χ3v) is 5.63. The molecule has 31 heavy (non-hydrogen) atoms. The van der Waals surface area contributed by atoms with Crippen LogP contribution < -0.4 is 5.32 Å². The highest BCUT2D eigenvalue weighted by atomic mass is 35.5. The topological polar surface area (TPSA) is 74.0 Å². The van der Waals surface area contributed by atoms with Gasteiger partial charge in [-0.3, -0.25) is 4.79 Å². The first-order valence-electron chi connectivity index (χ1n) is 9.97. The van der Waals surface area contributed by atoms with Gasteiger partial charge < -0.3 is 14.8 Å². The van der Waals surface area contributed by atoms with Crippen molar-refractivity contribution in [2.75, 3.05) is 6.54 Å². The molecule has 8 heteroatoms. The van der Waals surface area contributed by atoms with Gasteiger partial charge in [-0.1, -0.05) is 29.8 Å². The summed E-state index contributed by atoms with van der Waals surface area (Å²) in [6.07, 6.45) is 4.14. The van der Waals surface area contributed by atoms with Gasteiger partial charge >= 0.3 is 0 Å². The molecule has 2 aromatic carbocycles. The second-order valence-electron chi connectivity index (χ2n) is 7.55. The van der Waals surface area contributed by atoms with E-state index in [1.165, 1.54) is 12.1 Å². The standard InChI is InChI=1S/C23H21ClFN5O/c24-19-3-1-2-16(8-19)13-29-7-6-22(23(29)31)28-12-20-11-27-15-30(20)14-17-4-5-18(10-26)21(25)9-17/h1-5,8-9,11,15,22,28H,6-7,12-14H2/t22-/m0/s1. The number of amides is 1. The maximum Gasteiger partial charge on any atom is 0.240 e. The largest absolute Gasteiger partial charge is 0.337 e. The van der Waals surface area contributed by atoms with Gasteiger partial charge in [0.1, 0.15) is 11.9 Å². The SMILES string of the molecule is N#Cc1ccc(Cn2cncc2CN[C@H]2CCN(Cc3cccc(Cl)c3)C2=O)cc1F. The number of hydrogen-bond acceptors (Lipinski definition) is 4. The smallest absolute Gasteiger partial charge is 0.240 e. The van der Waals surface area contributed by atoms with Crippen molar-refractivity contribution in [2.45, 2.75) is 32.1 Å². The van der Waals surface area contributed by atoms with Crippen molar-refractivity contribution in [3.05, 3.63) is 88.2 Å². The molecule has 1 aliphatic heterocycles. The molecule has 0 unspecified atom stereocenters. The summed E-state index contributed by atoms with van der Waals surface area (Å²) in [5.41, 5.74) is 2.67. The van der Waals surface area contributed by atoms with Crippen molar-refractivity contribution in [1.82, 2.24) is 19.8 Å². The van der Waals surface area contributed by atoms with E-state index in [0.29, 0.717) is 31.2 Å². The Hall–Kier alpha value is -3.21. The quantitative estimate of drug-likeness (QED) is 0.614. The summed E-state index contributed by atoms with van der Waals surface area (Å²) >= 11 is 6.04. The average Bonchev–Trinajstić information content (AvgIpc) is 3.33. The number of imidazole rings is 1. The highest BCUT2D eigenvalue weighted by Gasteiger charge is 2.31. The maximum absolute atomic E-state index is 13.9. The van der Waals surface area contributed by atoms with Gasteiger partial charge in [0.2, 0.25) is 5.91 Å². The molecular weight excluding hydrogens is 417 g/mol. The number of nitrogens with one attached hydrogen (secondary N) is 1. The third-order valence-electron chi connectivity index (χ3n) is 5.39. The Morgan fingerprint density at radius 3 is 2.84 bits per heavy atom. The lowest BCUT2D eigenvalue weighted by molar-refractivity contribution is -0.129. The second-order valence-corrected chi connectivity index (χ2v) is 7.99. The Morgan fingerprint density at radius 1 is 1.23 bits per heavy atom. The Morgan fingerprint density at radius 2 is 2.06 bits per heavy atom. The van der Waals surface area contributed by atoms with E-state index in [-0.39, 0.29) is 17.5 Å². The molecule has 158 valence electrons. The van der Waals surface area contributed by atoms with Crippen LogP contribution in [0.1, 0.15) is 28.8 Å². The molecule has 0 saturated carbocycles. The number of likely N-dealkylation sites (tertiary alicyclic amines) is 1. The van der Waals surface area contributed by atoms with Gasteiger partial charge in [0.15, 0.2) is 0 Å². The van der Waals surface area contributed by atoms with Gasteiger partial charge in [-0.25, -0.2) is 9.37 Å². The minimum absolute atomic E-state index is 0.0262. The molecular formula is C23H21ClFN5O. The van der Waals surface area contributed by atoms with E-state index in [1.807, 2.05) is 39.8 Å². The van der Waals surface area contributed by atoms with E-state index < -0.39 is 5.82 Å². The molecule has 1 N–H and O–H groups in total. The zero-order valence-electron chi connectivity index (χ0n) is 16.8. The van der Waals surface area contributed by atoms with Gasteiger partial charge in [0, 0.05) is 37.4 Å². The molecule has 1 aliphatic rings. The summed E-state index contributed by atoms with van der Waals surface area (Å²) in [6, 6.07) is 13.7. The van der Waals surface area contributed by atoms with Crippen LogP contribution in [0.3, 0.4) is 0 Å². The summed E-state index contributed by atoms with van der Waals surface area (Å²) in [4.78, 5) is 18.8.